The van der Waals surface area contributed by atoms with Crippen LogP contribution in [0.4, 0.5) is 28.4 Å². The van der Waals surface area contributed by atoms with Gasteiger partial charge in [-0.15, -0.1) is 11.3 Å². The van der Waals surface area contributed by atoms with E-state index in [2.05, 4.69) is 191 Å². The van der Waals surface area contributed by atoms with Crippen LogP contribution in [0.3, 0.4) is 0 Å². The first-order valence-corrected chi connectivity index (χ1v) is 22.5. The van der Waals surface area contributed by atoms with Gasteiger partial charge in [-0.05, 0) is 142 Å². The molecule has 3 aliphatic rings. The van der Waals surface area contributed by atoms with Crippen molar-refractivity contribution in [2.45, 2.75) is 84.5 Å². The van der Waals surface area contributed by atoms with Gasteiger partial charge < -0.3 is 9.71 Å². The average Bonchev–Trinajstić information content (AvgIpc) is 3.61. The standard InChI is InChI=1S/C55H51BN2S/c1-7-8-17-36-24-25-47(40(30-36)37-18-11-9-12-19-37)57-49-34-52-42(39-22-15-16-23-51(39)59-52)32-46(49)56-53-43(28-35(2)29-50(53)57)41-31-44-45(55(5,6)27-26-54(44,3)4)33-48(41)58(56)38-20-13-10-14-21-38/h9-16,18-25,28-34H,7-8,17,26-27H2,1-6H3. The second kappa shape index (κ2) is 13.5. The predicted octanol–water partition coefficient (Wildman–Crippen LogP) is 14.4. The van der Waals surface area contributed by atoms with E-state index in [1.54, 1.807) is 0 Å². The molecule has 2 nitrogen and oxygen atoms in total. The first-order chi connectivity index (χ1) is 28.6. The molecule has 0 spiro atoms. The topological polar surface area (TPSA) is 6.48 Å². The molecule has 0 fully saturated rings. The number of hydrogen-bond acceptors (Lipinski definition) is 3. The Morgan fingerprint density at radius 2 is 1.31 bits per heavy atom. The zero-order valence-electron chi connectivity index (χ0n) is 35.2. The molecule has 0 bridgehead atoms. The highest BCUT2D eigenvalue weighted by Gasteiger charge is 2.47. The number of benzene rings is 7. The van der Waals surface area contributed by atoms with E-state index in [1.807, 2.05) is 11.3 Å². The highest BCUT2D eigenvalue weighted by atomic mass is 32.1. The highest BCUT2D eigenvalue weighted by Crippen LogP contribution is 2.54. The van der Waals surface area contributed by atoms with Crippen LogP contribution in [-0.2, 0) is 17.3 Å². The van der Waals surface area contributed by atoms with Crippen molar-refractivity contribution in [3.8, 4) is 22.3 Å². The maximum absolute atomic E-state index is 2.71. The van der Waals surface area contributed by atoms with E-state index < -0.39 is 0 Å². The molecule has 0 radical (unpaired) electrons. The lowest BCUT2D eigenvalue weighted by Crippen LogP contribution is -2.61. The molecular formula is C55H51BN2S. The van der Waals surface area contributed by atoms with E-state index in [0.29, 0.717) is 0 Å². The van der Waals surface area contributed by atoms with E-state index in [-0.39, 0.29) is 17.7 Å². The fraction of sp³-hybridized carbons (Fsp3) is 0.236. The lowest BCUT2D eigenvalue weighted by molar-refractivity contribution is 0.332. The van der Waals surface area contributed by atoms with Crippen LogP contribution in [0.2, 0.25) is 0 Å². The molecule has 11 rings (SSSR count). The van der Waals surface area contributed by atoms with Gasteiger partial charge in [0.05, 0.1) is 5.69 Å². The Hall–Kier alpha value is -5.58. The Kier molecular flexibility index (Phi) is 8.34. The summed E-state index contributed by atoms with van der Waals surface area (Å²) in [4.78, 5) is 5.35. The first kappa shape index (κ1) is 36.5. The van der Waals surface area contributed by atoms with E-state index >= 15 is 0 Å². The molecule has 3 heterocycles. The highest BCUT2D eigenvalue weighted by molar-refractivity contribution is 7.26. The largest absolute Gasteiger partial charge is 0.376 e. The average molecular weight is 783 g/mol. The lowest BCUT2D eigenvalue weighted by Gasteiger charge is -2.48. The fourth-order valence-corrected chi connectivity index (χ4v) is 11.8. The van der Waals surface area contributed by atoms with Crippen molar-refractivity contribution < 1.29 is 0 Å². The summed E-state index contributed by atoms with van der Waals surface area (Å²) in [5, 5.41) is 2.68. The normalized spacial score (nSPS) is 15.9. The fourth-order valence-electron chi connectivity index (χ4n) is 10.7. The Bertz CT molecular complexity index is 2960. The van der Waals surface area contributed by atoms with E-state index in [0.717, 1.165) is 6.42 Å². The maximum Gasteiger partial charge on any atom is 0.333 e. The third-order valence-corrected chi connectivity index (χ3v) is 15.0. The minimum Gasteiger partial charge on any atom is -0.376 e. The number of para-hydroxylation sites is 1. The molecule has 1 aliphatic carbocycles. The molecule has 7 aromatic carbocycles. The van der Waals surface area contributed by atoms with Crippen molar-refractivity contribution in [3.63, 3.8) is 0 Å². The van der Waals surface area contributed by atoms with Gasteiger partial charge in [-0.25, -0.2) is 0 Å². The van der Waals surface area contributed by atoms with Gasteiger partial charge in [0.15, 0.2) is 0 Å². The van der Waals surface area contributed by atoms with Gasteiger partial charge in [0, 0.05) is 54.0 Å². The smallest absolute Gasteiger partial charge is 0.333 e. The molecule has 8 aromatic rings. The molecule has 2 aliphatic heterocycles. The molecule has 1 aromatic heterocycles. The minimum atomic E-state index is -0.0356. The third kappa shape index (κ3) is 5.66. The van der Waals surface area contributed by atoms with Crippen molar-refractivity contribution in [1.82, 2.24) is 0 Å². The Morgan fingerprint density at radius 1 is 0.593 bits per heavy atom. The van der Waals surface area contributed by atoms with Crippen LogP contribution >= 0.6 is 11.3 Å². The molecular weight excluding hydrogens is 731 g/mol. The summed E-state index contributed by atoms with van der Waals surface area (Å²) in [6.07, 6.45) is 5.82. The zero-order chi connectivity index (χ0) is 40.2. The Labute approximate surface area is 354 Å². The first-order valence-electron chi connectivity index (χ1n) is 21.7. The van der Waals surface area contributed by atoms with Crippen LogP contribution in [0, 0.1) is 6.92 Å². The third-order valence-electron chi connectivity index (χ3n) is 13.9. The van der Waals surface area contributed by atoms with Crippen molar-refractivity contribution in [3.05, 3.63) is 162 Å². The van der Waals surface area contributed by atoms with Crippen molar-refractivity contribution in [2.75, 3.05) is 9.71 Å². The number of nitrogens with zero attached hydrogens (tertiary/aromatic N) is 2. The number of fused-ring (bicyclic) bond motifs is 8. The molecule has 290 valence electrons. The molecule has 4 heteroatoms. The number of aryl methyl sites for hydroxylation is 2. The minimum absolute atomic E-state index is 0.0356. The summed E-state index contributed by atoms with van der Waals surface area (Å²) in [5.41, 5.74) is 20.1. The summed E-state index contributed by atoms with van der Waals surface area (Å²) < 4.78 is 2.66. The summed E-state index contributed by atoms with van der Waals surface area (Å²) in [6, 6.07) is 53.9. The van der Waals surface area contributed by atoms with Crippen LogP contribution in [-0.4, -0.2) is 6.85 Å². The number of thiophene rings is 1. The molecule has 0 amide bonds. The van der Waals surface area contributed by atoms with Gasteiger partial charge in [0.2, 0.25) is 0 Å². The molecule has 0 saturated heterocycles. The Morgan fingerprint density at radius 3 is 2.07 bits per heavy atom. The molecule has 0 N–H and O–H groups in total. The molecule has 0 unspecified atom stereocenters. The lowest BCUT2D eigenvalue weighted by atomic mass is 9.43. The predicted molar refractivity (Wildman–Crippen MR) is 257 cm³/mol. The van der Waals surface area contributed by atoms with Gasteiger partial charge in [-0.3, -0.25) is 0 Å². The van der Waals surface area contributed by atoms with Gasteiger partial charge in [0.1, 0.15) is 0 Å². The van der Waals surface area contributed by atoms with Crippen LogP contribution in [0.25, 0.3) is 42.4 Å². The van der Waals surface area contributed by atoms with Crippen molar-refractivity contribution in [1.29, 1.82) is 0 Å². The van der Waals surface area contributed by atoms with E-state index in [9.17, 15) is 0 Å². The Balaban J connectivity index is 1.28. The summed E-state index contributed by atoms with van der Waals surface area (Å²) in [6.45, 7) is 14.4. The van der Waals surface area contributed by atoms with Crippen LogP contribution < -0.4 is 20.6 Å². The van der Waals surface area contributed by atoms with Gasteiger partial charge >= 0.3 is 6.85 Å². The second-order valence-electron chi connectivity index (χ2n) is 18.7. The summed E-state index contributed by atoms with van der Waals surface area (Å²) in [7, 11) is 0. The van der Waals surface area contributed by atoms with Crippen molar-refractivity contribution in [2.24, 2.45) is 0 Å². The molecule has 0 saturated carbocycles. The molecule has 0 atom stereocenters. The monoisotopic (exact) mass is 782 g/mol. The van der Waals surface area contributed by atoms with Gasteiger partial charge in [-0.2, -0.15) is 0 Å². The molecule has 59 heavy (non-hydrogen) atoms. The van der Waals surface area contributed by atoms with Crippen molar-refractivity contribution >= 4 is 77.7 Å². The zero-order valence-corrected chi connectivity index (χ0v) is 36.0. The SMILES string of the molecule is CCCCc1ccc(N2c3cc4sc5ccccc5c4cc3B3c4c(cc(C)cc42)-c2cc4c(cc2N3c2ccccc2)C(C)(C)CCC4(C)C)c(-c2ccccc2)c1. The number of unbranched alkanes of at least 4 members (excludes halogenated alkanes) is 1. The van der Waals surface area contributed by atoms with Crippen LogP contribution in [0.15, 0.2) is 140 Å². The van der Waals surface area contributed by atoms with E-state index in [1.165, 1.54) is 130 Å². The quantitative estimate of drug-likeness (QED) is 0.155. The second-order valence-corrected chi connectivity index (χ2v) is 19.8. The summed E-state index contributed by atoms with van der Waals surface area (Å²) in [5.74, 6) is 0. The van der Waals surface area contributed by atoms with E-state index in [4.69, 9.17) is 0 Å². The summed E-state index contributed by atoms with van der Waals surface area (Å²) >= 11 is 1.91. The van der Waals surface area contributed by atoms with Crippen LogP contribution in [0.1, 0.15) is 82.6 Å². The maximum atomic E-state index is 2.71. The number of hydrogen-bond donors (Lipinski definition) is 0. The number of rotatable bonds is 6. The van der Waals surface area contributed by atoms with Gasteiger partial charge in [0.25, 0.3) is 0 Å². The van der Waals surface area contributed by atoms with Gasteiger partial charge in [-0.1, -0.05) is 126 Å². The number of anilines is 5. The van der Waals surface area contributed by atoms with Crippen LogP contribution in [0.5, 0.6) is 0 Å².